The molecule has 2 amide bonds. The van der Waals surface area contributed by atoms with Crippen LogP contribution in [0.15, 0.2) is 42.5 Å². The number of ether oxygens (including phenoxy) is 4. The molecule has 178 valence electrons. The minimum absolute atomic E-state index is 0.0790. The van der Waals surface area contributed by atoms with E-state index >= 15 is 0 Å². The van der Waals surface area contributed by atoms with Crippen LogP contribution < -0.4 is 24.8 Å². The number of methoxy groups -OCH3 is 4. The van der Waals surface area contributed by atoms with Gasteiger partial charge in [0, 0.05) is 12.8 Å². The van der Waals surface area contributed by atoms with E-state index < -0.39 is 6.04 Å². The lowest BCUT2D eigenvalue weighted by Gasteiger charge is -2.11. The topological polar surface area (TPSA) is 113 Å². The standard InChI is InChI=1S/C24H26N4O6/c1-31-13-17-22(14-5-10-19(33-3)20(11-14)34-4)23-26-24(30)18(28(23)27-17)12-21(29)25-15-6-8-16(32-2)9-7-15/h5-11,18H,12-13H2,1-4H3,(H,25,29)(H,26,30). The van der Waals surface area contributed by atoms with Gasteiger partial charge in [0.1, 0.15) is 17.6 Å². The second kappa shape index (κ2) is 9.84. The maximum atomic E-state index is 12.8. The fourth-order valence-corrected chi connectivity index (χ4v) is 3.91. The summed E-state index contributed by atoms with van der Waals surface area (Å²) in [6.07, 6.45) is -0.0790. The third-order valence-corrected chi connectivity index (χ3v) is 5.53. The first-order chi connectivity index (χ1) is 16.5. The van der Waals surface area contributed by atoms with Crippen molar-refractivity contribution < 1.29 is 28.5 Å². The molecule has 0 aliphatic carbocycles. The number of amides is 2. The molecule has 0 fully saturated rings. The number of aromatic nitrogens is 2. The molecular formula is C24H26N4O6. The molecule has 0 saturated heterocycles. The molecule has 1 aliphatic rings. The third kappa shape index (κ3) is 4.40. The summed E-state index contributed by atoms with van der Waals surface area (Å²) < 4.78 is 22.8. The molecular weight excluding hydrogens is 440 g/mol. The number of fused-ring (bicyclic) bond motifs is 1. The van der Waals surface area contributed by atoms with E-state index in [1.165, 1.54) is 0 Å². The Bertz CT molecular complexity index is 1200. The van der Waals surface area contributed by atoms with Gasteiger partial charge < -0.3 is 29.6 Å². The van der Waals surface area contributed by atoms with Crippen LogP contribution in [0.5, 0.6) is 17.2 Å². The number of rotatable bonds is 9. The van der Waals surface area contributed by atoms with Gasteiger partial charge in [-0.3, -0.25) is 9.59 Å². The number of benzene rings is 2. The molecule has 1 unspecified atom stereocenters. The second-order valence-corrected chi connectivity index (χ2v) is 7.60. The Hall–Kier alpha value is -4.05. The Kier molecular flexibility index (Phi) is 6.69. The lowest BCUT2D eigenvalue weighted by Crippen LogP contribution is -2.24. The van der Waals surface area contributed by atoms with Crippen molar-refractivity contribution in [2.75, 3.05) is 39.1 Å². The van der Waals surface area contributed by atoms with Crippen LogP contribution in [0.25, 0.3) is 11.1 Å². The first-order valence-electron chi connectivity index (χ1n) is 10.6. The molecule has 1 aliphatic heterocycles. The highest BCUT2D eigenvalue weighted by Gasteiger charge is 2.37. The predicted octanol–water partition coefficient (Wildman–Crippen LogP) is 3.24. The lowest BCUT2D eigenvalue weighted by molar-refractivity contribution is -0.123. The van der Waals surface area contributed by atoms with Crippen molar-refractivity contribution >= 4 is 23.3 Å². The smallest absolute Gasteiger partial charge is 0.251 e. The molecule has 1 atom stereocenters. The van der Waals surface area contributed by atoms with Gasteiger partial charge in [-0.2, -0.15) is 5.10 Å². The number of hydrogen-bond donors (Lipinski definition) is 2. The van der Waals surface area contributed by atoms with Crippen LogP contribution in [0.3, 0.4) is 0 Å². The van der Waals surface area contributed by atoms with Gasteiger partial charge in [-0.1, -0.05) is 6.07 Å². The fourth-order valence-electron chi connectivity index (χ4n) is 3.91. The maximum Gasteiger partial charge on any atom is 0.251 e. The number of carbonyl (C=O) groups is 2. The van der Waals surface area contributed by atoms with Crippen LogP contribution >= 0.6 is 0 Å². The Balaban J connectivity index is 1.62. The number of nitrogens with one attached hydrogen (secondary N) is 2. The first kappa shape index (κ1) is 23.1. The Morgan fingerprint density at radius 3 is 2.41 bits per heavy atom. The van der Waals surface area contributed by atoms with Crippen molar-refractivity contribution in [1.29, 1.82) is 0 Å². The van der Waals surface area contributed by atoms with Gasteiger partial charge >= 0.3 is 0 Å². The van der Waals surface area contributed by atoms with Crippen LogP contribution in [0.1, 0.15) is 18.2 Å². The summed E-state index contributed by atoms with van der Waals surface area (Å²) in [6, 6.07) is 11.6. The van der Waals surface area contributed by atoms with E-state index in [0.717, 1.165) is 5.56 Å². The molecule has 10 heteroatoms. The van der Waals surface area contributed by atoms with E-state index in [0.29, 0.717) is 40.0 Å². The van der Waals surface area contributed by atoms with Crippen molar-refractivity contribution in [2.24, 2.45) is 0 Å². The summed E-state index contributed by atoms with van der Waals surface area (Å²) in [5.41, 5.74) is 2.71. The average Bonchev–Trinajstić information content (AvgIpc) is 3.33. The van der Waals surface area contributed by atoms with Crippen LogP contribution in [-0.2, 0) is 20.9 Å². The van der Waals surface area contributed by atoms with E-state index in [2.05, 4.69) is 15.7 Å². The molecule has 34 heavy (non-hydrogen) atoms. The van der Waals surface area contributed by atoms with E-state index in [1.54, 1.807) is 63.5 Å². The molecule has 4 rings (SSSR count). The van der Waals surface area contributed by atoms with Crippen LogP contribution in [0.2, 0.25) is 0 Å². The number of carbonyl (C=O) groups excluding carboxylic acids is 2. The second-order valence-electron chi connectivity index (χ2n) is 7.60. The van der Waals surface area contributed by atoms with E-state index in [4.69, 9.17) is 18.9 Å². The summed E-state index contributed by atoms with van der Waals surface area (Å²) in [5, 5.41) is 10.3. The quantitative estimate of drug-likeness (QED) is 0.498. The van der Waals surface area contributed by atoms with Gasteiger partial charge in [0.05, 0.1) is 45.6 Å². The number of anilines is 2. The molecule has 2 aromatic carbocycles. The Morgan fingerprint density at radius 2 is 1.76 bits per heavy atom. The van der Waals surface area contributed by atoms with Crippen LogP contribution in [0, 0.1) is 0 Å². The highest BCUT2D eigenvalue weighted by molar-refractivity contribution is 6.04. The molecule has 1 aromatic heterocycles. The zero-order valence-electron chi connectivity index (χ0n) is 19.4. The number of hydrogen-bond acceptors (Lipinski definition) is 7. The number of nitrogens with zero attached hydrogens (tertiary/aromatic N) is 2. The van der Waals surface area contributed by atoms with Gasteiger partial charge in [-0.05, 0) is 42.0 Å². The summed E-state index contributed by atoms with van der Waals surface area (Å²) in [6.45, 7) is 0.227. The van der Waals surface area contributed by atoms with E-state index in [9.17, 15) is 9.59 Å². The third-order valence-electron chi connectivity index (χ3n) is 5.53. The van der Waals surface area contributed by atoms with Crippen molar-refractivity contribution in [1.82, 2.24) is 9.78 Å². The predicted molar refractivity (Wildman–Crippen MR) is 125 cm³/mol. The van der Waals surface area contributed by atoms with Crippen molar-refractivity contribution in [2.45, 2.75) is 19.1 Å². The van der Waals surface area contributed by atoms with Crippen LogP contribution in [-0.4, -0.2) is 50.0 Å². The monoisotopic (exact) mass is 466 g/mol. The van der Waals surface area contributed by atoms with Gasteiger partial charge in [-0.25, -0.2) is 4.68 Å². The summed E-state index contributed by atoms with van der Waals surface area (Å²) in [5.74, 6) is 1.70. The minimum Gasteiger partial charge on any atom is -0.497 e. The van der Waals surface area contributed by atoms with Crippen molar-refractivity contribution in [3.63, 3.8) is 0 Å². The average molecular weight is 466 g/mol. The van der Waals surface area contributed by atoms with Gasteiger partial charge in [0.25, 0.3) is 5.91 Å². The molecule has 2 N–H and O–H groups in total. The van der Waals surface area contributed by atoms with E-state index in [-0.39, 0.29) is 24.8 Å². The minimum atomic E-state index is -0.794. The molecule has 0 bridgehead atoms. The summed E-state index contributed by atoms with van der Waals surface area (Å²) in [4.78, 5) is 25.5. The Morgan fingerprint density at radius 1 is 1.03 bits per heavy atom. The molecule has 10 nitrogen and oxygen atoms in total. The summed E-state index contributed by atoms with van der Waals surface area (Å²) >= 11 is 0. The highest BCUT2D eigenvalue weighted by Crippen LogP contribution is 2.41. The highest BCUT2D eigenvalue weighted by atomic mass is 16.5. The van der Waals surface area contributed by atoms with Crippen LogP contribution in [0.4, 0.5) is 11.5 Å². The molecule has 0 radical (unpaired) electrons. The molecule has 0 spiro atoms. The largest absolute Gasteiger partial charge is 0.497 e. The van der Waals surface area contributed by atoms with Crippen molar-refractivity contribution in [3.05, 3.63) is 48.2 Å². The zero-order chi connectivity index (χ0) is 24.2. The van der Waals surface area contributed by atoms with Gasteiger partial charge in [0.15, 0.2) is 11.5 Å². The fraction of sp³-hybridized carbons (Fsp3) is 0.292. The first-order valence-corrected chi connectivity index (χ1v) is 10.6. The SMILES string of the molecule is COCc1nn2c(c1-c1ccc(OC)c(OC)c1)NC(=O)C2CC(=O)Nc1ccc(OC)cc1. The molecule has 2 heterocycles. The van der Waals surface area contributed by atoms with Crippen molar-refractivity contribution in [3.8, 4) is 28.4 Å². The summed E-state index contributed by atoms with van der Waals surface area (Å²) in [7, 11) is 6.26. The molecule has 3 aromatic rings. The maximum absolute atomic E-state index is 12.8. The lowest BCUT2D eigenvalue weighted by atomic mass is 10.0. The normalized spacial score (nSPS) is 14.4. The van der Waals surface area contributed by atoms with E-state index in [1.807, 2.05) is 12.1 Å². The molecule has 0 saturated carbocycles. The zero-order valence-corrected chi connectivity index (χ0v) is 19.4. The van der Waals surface area contributed by atoms with Gasteiger partial charge in [0.2, 0.25) is 5.91 Å². The Labute approximate surface area is 196 Å². The van der Waals surface area contributed by atoms with Gasteiger partial charge in [-0.15, -0.1) is 0 Å².